The summed E-state index contributed by atoms with van der Waals surface area (Å²) in [7, 11) is -4.33. The summed E-state index contributed by atoms with van der Waals surface area (Å²) in [5, 5.41) is 0. The number of hydrogen-bond donors (Lipinski definition) is 1. The number of hydrogen-bond acceptors (Lipinski definition) is 2. The highest BCUT2D eigenvalue weighted by Gasteiger charge is 2.20. The van der Waals surface area contributed by atoms with Crippen molar-refractivity contribution in [2.24, 2.45) is 0 Å². The molecule has 1 heterocycles. The Balaban J connectivity index is 0.000000437. The molecule has 1 N–H and O–H groups in total. The van der Waals surface area contributed by atoms with Crippen LogP contribution in [-0.4, -0.2) is 39.2 Å². The number of halogens is 4. The SMILES string of the molecule is COCCOCC[n+]1cc[nH]c1.F[B-](F)(F)F. The van der Waals surface area contributed by atoms with Gasteiger partial charge in [-0.2, -0.15) is 0 Å². The van der Waals surface area contributed by atoms with E-state index in [9.17, 15) is 17.3 Å². The number of rotatable bonds is 6. The van der Waals surface area contributed by atoms with Crippen LogP contribution in [0.2, 0.25) is 0 Å². The molecule has 0 aliphatic rings. The van der Waals surface area contributed by atoms with Crippen LogP contribution in [0.5, 0.6) is 0 Å². The van der Waals surface area contributed by atoms with Crippen molar-refractivity contribution < 1.29 is 31.3 Å². The Bertz CT molecular complexity index is 263. The van der Waals surface area contributed by atoms with Crippen LogP contribution in [-0.2, 0) is 16.0 Å². The van der Waals surface area contributed by atoms with Gasteiger partial charge in [0, 0.05) is 7.11 Å². The van der Waals surface area contributed by atoms with E-state index >= 15 is 0 Å². The molecule has 0 fully saturated rings. The summed E-state index contributed by atoms with van der Waals surface area (Å²) in [6.45, 7) is 2.94. The van der Waals surface area contributed by atoms with E-state index in [1.807, 2.05) is 23.3 Å². The van der Waals surface area contributed by atoms with Crippen molar-refractivity contribution in [1.29, 1.82) is 0 Å². The topological polar surface area (TPSA) is 38.1 Å². The van der Waals surface area contributed by atoms with Crippen LogP contribution in [0.4, 0.5) is 17.3 Å². The lowest BCUT2D eigenvalue weighted by Crippen LogP contribution is -2.33. The first-order chi connectivity index (χ1) is 7.93. The first-order valence-corrected chi connectivity index (χ1v) is 4.89. The van der Waals surface area contributed by atoms with E-state index in [0.717, 1.165) is 13.2 Å². The van der Waals surface area contributed by atoms with Crippen molar-refractivity contribution in [2.45, 2.75) is 6.54 Å². The molecule has 0 radical (unpaired) electrons. The number of H-pyrrole nitrogens is 1. The number of ether oxygens (including phenoxy) is 2. The third-order valence-corrected chi connectivity index (χ3v) is 1.53. The number of aromatic nitrogens is 2. The zero-order chi connectivity index (χ0) is 13.1. The van der Waals surface area contributed by atoms with Crippen molar-refractivity contribution in [3.8, 4) is 0 Å². The molecule has 1 aromatic heterocycles. The standard InChI is InChI=1S/C8H14N2O2.BF4/c1-11-6-7-12-5-4-10-3-2-9-8-10;2-1(3,4)5/h2-3,8H,4-7H2,1H3;/q;-1/p+1. The molecule has 0 aromatic carbocycles. The summed E-state index contributed by atoms with van der Waals surface area (Å²) >= 11 is 0. The molecule has 0 aliphatic carbocycles. The molecular weight excluding hydrogens is 243 g/mol. The molecule has 0 aliphatic heterocycles. The number of methoxy groups -OCH3 is 1. The Morgan fingerprint density at radius 2 is 1.82 bits per heavy atom. The van der Waals surface area contributed by atoms with Gasteiger partial charge in [-0.15, -0.1) is 0 Å². The van der Waals surface area contributed by atoms with E-state index in [1.54, 1.807) is 7.11 Å². The number of nitrogens with zero attached hydrogens (tertiary/aromatic N) is 1. The van der Waals surface area contributed by atoms with Gasteiger partial charge in [0.1, 0.15) is 18.9 Å². The van der Waals surface area contributed by atoms with Crippen molar-refractivity contribution in [1.82, 2.24) is 4.98 Å². The molecule has 0 saturated heterocycles. The maximum atomic E-state index is 9.75. The Morgan fingerprint density at radius 1 is 1.18 bits per heavy atom. The van der Waals surface area contributed by atoms with Crippen molar-refractivity contribution in [2.75, 3.05) is 26.9 Å². The molecule has 17 heavy (non-hydrogen) atoms. The molecule has 1 rings (SSSR count). The summed E-state index contributed by atoms with van der Waals surface area (Å²) in [5.41, 5.74) is 0. The summed E-state index contributed by atoms with van der Waals surface area (Å²) in [5.74, 6) is 0. The largest absolute Gasteiger partial charge is 0.673 e. The molecule has 4 nitrogen and oxygen atoms in total. The average molecular weight is 258 g/mol. The van der Waals surface area contributed by atoms with E-state index < -0.39 is 7.25 Å². The summed E-state index contributed by atoms with van der Waals surface area (Å²) < 4.78 is 51.2. The lowest BCUT2D eigenvalue weighted by atomic mass is 10.3. The third kappa shape index (κ3) is 14.9. The second-order valence-electron chi connectivity index (χ2n) is 2.95. The third-order valence-electron chi connectivity index (χ3n) is 1.53. The molecule has 0 amide bonds. The molecule has 0 atom stereocenters. The average Bonchev–Trinajstić information content (AvgIpc) is 2.67. The predicted molar refractivity (Wildman–Crippen MR) is 53.9 cm³/mol. The van der Waals surface area contributed by atoms with Gasteiger partial charge >= 0.3 is 7.25 Å². The zero-order valence-electron chi connectivity index (χ0n) is 9.41. The van der Waals surface area contributed by atoms with E-state index in [2.05, 4.69) is 4.98 Å². The lowest BCUT2D eigenvalue weighted by Gasteiger charge is -2.00. The number of aromatic amines is 1. The quantitative estimate of drug-likeness (QED) is 0.361. The van der Waals surface area contributed by atoms with Crippen LogP contribution in [0, 0.1) is 0 Å². The second kappa shape index (κ2) is 9.00. The monoisotopic (exact) mass is 258 g/mol. The fourth-order valence-corrected chi connectivity index (χ4v) is 0.874. The molecule has 9 heteroatoms. The van der Waals surface area contributed by atoms with E-state index in [0.29, 0.717) is 13.2 Å². The van der Waals surface area contributed by atoms with Gasteiger partial charge in [-0.1, -0.05) is 0 Å². The molecule has 1 aromatic rings. The fraction of sp³-hybridized carbons (Fsp3) is 0.625. The van der Waals surface area contributed by atoms with Crippen LogP contribution in [0.25, 0.3) is 0 Å². The molecule has 0 unspecified atom stereocenters. The van der Waals surface area contributed by atoms with Gasteiger partial charge < -0.3 is 26.7 Å². The predicted octanol–water partition coefficient (Wildman–Crippen LogP) is 1.27. The molecule has 0 spiro atoms. The minimum absolute atomic E-state index is 0.664. The van der Waals surface area contributed by atoms with E-state index in [-0.39, 0.29) is 0 Å². The zero-order valence-corrected chi connectivity index (χ0v) is 9.41. The highest BCUT2D eigenvalue weighted by Crippen LogP contribution is 2.06. The van der Waals surface area contributed by atoms with Gasteiger partial charge in [-0.25, -0.2) is 4.57 Å². The molecule has 0 bridgehead atoms. The van der Waals surface area contributed by atoms with Gasteiger partial charge in [0.2, 0.25) is 6.33 Å². The summed E-state index contributed by atoms with van der Waals surface area (Å²) in [6.07, 6.45) is 5.76. The van der Waals surface area contributed by atoms with Crippen LogP contribution in [0.15, 0.2) is 18.7 Å². The minimum Gasteiger partial charge on any atom is -0.418 e. The van der Waals surface area contributed by atoms with Crippen molar-refractivity contribution >= 4 is 7.25 Å². The van der Waals surface area contributed by atoms with E-state index in [4.69, 9.17) is 9.47 Å². The smallest absolute Gasteiger partial charge is 0.418 e. The minimum atomic E-state index is -6.00. The summed E-state index contributed by atoms with van der Waals surface area (Å²) in [6, 6.07) is 0. The first-order valence-electron chi connectivity index (χ1n) is 4.89. The maximum Gasteiger partial charge on any atom is 0.673 e. The Hall–Kier alpha value is -1.09. The van der Waals surface area contributed by atoms with Gasteiger partial charge in [0.25, 0.3) is 0 Å². The van der Waals surface area contributed by atoms with E-state index in [1.165, 1.54) is 0 Å². The Labute approximate surface area is 96.6 Å². The number of nitrogens with one attached hydrogen (secondary N) is 1. The molecule has 100 valence electrons. The lowest BCUT2D eigenvalue weighted by molar-refractivity contribution is -0.697. The fourth-order valence-electron chi connectivity index (χ4n) is 0.874. The van der Waals surface area contributed by atoms with Gasteiger partial charge in [-0.3, -0.25) is 4.98 Å². The van der Waals surface area contributed by atoms with Gasteiger partial charge in [0.05, 0.1) is 19.8 Å². The second-order valence-corrected chi connectivity index (χ2v) is 2.95. The highest BCUT2D eigenvalue weighted by atomic mass is 19.5. The van der Waals surface area contributed by atoms with Crippen molar-refractivity contribution in [3.63, 3.8) is 0 Å². The van der Waals surface area contributed by atoms with Crippen LogP contribution < -0.4 is 4.57 Å². The summed E-state index contributed by atoms with van der Waals surface area (Å²) in [4.78, 5) is 2.96. The Kier molecular flexibility index (Phi) is 8.42. The van der Waals surface area contributed by atoms with Crippen LogP contribution in [0.1, 0.15) is 0 Å². The van der Waals surface area contributed by atoms with Crippen molar-refractivity contribution in [3.05, 3.63) is 18.7 Å². The molecular formula is C8H15BF4N2O2. The molecule has 0 saturated carbocycles. The Morgan fingerprint density at radius 3 is 2.29 bits per heavy atom. The number of imidazole rings is 1. The van der Waals surface area contributed by atoms with Gasteiger partial charge in [-0.05, 0) is 0 Å². The van der Waals surface area contributed by atoms with Gasteiger partial charge in [0.15, 0.2) is 0 Å². The first kappa shape index (κ1) is 15.9. The van der Waals surface area contributed by atoms with Crippen LogP contribution >= 0.6 is 0 Å². The highest BCUT2D eigenvalue weighted by molar-refractivity contribution is 6.50. The van der Waals surface area contributed by atoms with Crippen LogP contribution in [0.3, 0.4) is 0 Å². The maximum absolute atomic E-state index is 9.75. The normalized spacial score (nSPS) is 10.9.